The summed E-state index contributed by atoms with van der Waals surface area (Å²) in [6.07, 6.45) is 1.32. The van der Waals surface area contributed by atoms with Gasteiger partial charge in [0.2, 0.25) is 5.91 Å². The summed E-state index contributed by atoms with van der Waals surface area (Å²) in [5.41, 5.74) is 0.0165. The summed E-state index contributed by atoms with van der Waals surface area (Å²) in [6.45, 7) is 2.38. The van der Waals surface area contributed by atoms with Crippen LogP contribution in [0.1, 0.15) is 6.92 Å². The van der Waals surface area contributed by atoms with Crippen LogP contribution in [0.2, 0.25) is 0 Å². The molecule has 68 valence electrons. The van der Waals surface area contributed by atoms with Gasteiger partial charge >= 0.3 is 0 Å². The molecular formula is C8H10N4O. The molecule has 0 saturated heterocycles. The van der Waals surface area contributed by atoms with E-state index in [9.17, 15) is 4.79 Å². The van der Waals surface area contributed by atoms with Gasteiger partial charge in [-0.3, -0.25) is 4.79 Å². The van der Waals surface area contributed by atoms with Crippen LogP contribution in [0.5, 0.6) is 0 Å². The molecule has 0 unspecified atom stereocenters. The molecule has 0 aromatic carbocycles. The highest BCUT2D eigenvalue weighted by Gasteiger charge is 1.90. The molecule has 0 aromatic heterocycles. The third kappa shape index (κ3) is 6.39. The molecule has 0 aromatic rings. The Labute approximate surface area is 76.7 Å². The normalized spacial score (nSPS) is 7.62. The zero-order chi connectivity index (χ0) is 10.1. The van der Waals surface area contributed by atoms with Crippen LogP contribution in [0.25, 0.3) is 0 Å². The third-order valence-corrected chi connectivity index (χ3v) is 1.13. The van der Waals surface area contributed by atoms with Crippen molar-refractivity contribution in [2.24, 2.45) is 0 Å². The molecule has 0 aliphatic heterocycles. The summed E-state index contributed by atoms with van der Waals surface area (Å²) in [5.74, 6) is -0.105. The fourth-order valence-corrected chi connectivity index (χ4v) is 0.574. The smallest absolute Gasteiger partial charge is 0.216 e. The first-order valence-electron chi connectivity index (χ1n) is 3.69. The van der Waals surface area contributed by atoms with Crippen molar-refractivity contribution in [1.82, 2.24) is 10.6 Å². The topological polar surface area (TPSA) is 88.7 Å². The lowest BCUT2D eigenvalue weighted by Crippen LogP contribution is -2.28. The maximum Gasteiger partial charge on any atom is 0.216 e. The van der Waals surface area contributed by atoms with Crippen LogP contribution in [-0.4, -0.2) is 19.0 Å². The number of amides is 1. The summed E-state index contributed by atoms with van der Waals surface area (Å²) < 4.78 is 0. The van der Waals surface area contributed by atoms with Crippen molar-refractivity contribution in [2.75, 3.05) is 13.1 Å². The zero-order valence-electron chi connectivity index (χ0n) is 7.29. The molecule has 0 spiro atoms. The molecule has 0 fully saturated rings. The van der Waals surface area contributed by atoms with Crippen LogP contribution in [0.3, 0.4) is 0 Å². The second kappa shape index (κ2) is 6.68. The molecule has 0 atom stereocenters. The summed E-state index contributed by atoms with van der Waals surface area (Å²) in [5, 5.41) is 21.9. The van der Waals surface area contributed by atoms with E-state index in [4.69, 9.17) is 10.5 Å². The van der Waals surface area contributed by atoms with Gasteiger partial charge in [-0.1, -0.05) is 0 Å². The Morgan fingerprint density at radius 1 is 1.38 bits per heavy atom. The fraction of sp³-hybridized carbons (Fsp3) is 0.375. The predicted molar refractivity (Wildman–Crippen MR) is 46.0 cm³/mol. The first-order chi connectivity index (χ1) is 6.20. The number of hydrogen-bond acceptors (Lipinski definition) is 4. The maximum atomic E-state index is 10.4. The van der Waals surface area contributed by atoms with Gasteiger partial charge < -0.3 is 10.6 Å². The van der Waals surface area contributed by atoms with E-state index in [0.29, 0.717) is 13.1 Å². The fourth-order valence-electron chi connectivity index (χ4n) is 0.574. The van der Waals surface area contributed by atoms with Crippen molar-refractivity contribution < 1.29 is 4.79 Å². The Morgan fingerprint density at radius 2 is 2.00 bits per heavy atom. The molecule has 0 saturated carbocycles. The lowest BCUT2D eigenvalue weighted by atomic mass is 10.3. The molecule has 5 heteroatoms. The molecule has 0 rings (SSSR count). The number of hydrogen-bond donors (Lipinski definition) is 2. The van der Waals surface area contributed by atoms with E-state index >= 15 is 0 Å². The largest absolute Gasteiger partial charge is 0.387 e. The summed E-state index contributed by atoms with van der Waals surface area (Å²) in [4.78, 5) is 10.4. The Kier molecular flexibility index (Phi) is 5.65. The first kappa shape index (κ1) is 11.0. The van der Waals surface area contributed by atoms with E-state index < -0.39 is 0 Å². The second-order valence-corrected chi connectivity index (χ2v) is 2.22. The molecule has 13 heavy (non-hydrogen) atoms. The highest BCUT2D eigenvalue weighted by Crippen LogP contribution is 1.83. The van der Waals surface area contributed by atoms with Gasteiger partial charge in [0.25, 0.3) is 0 Å². The van der Waals surface area contributed by atoms with Crippen molar-refractivity contribution in [3.05, 3.63) is 11.8 Å². The molecule has 0 bridgehead atoms. The highest BCUT2D eigenvalue weighted by molar-refractivity contribution is 5.72. The molecule has 0 aliphatic carbocycles. The predicted octanol–water partition coefficient (Wildman–Crippen LogP) is -0.357. The number of nitrogens with zero attached hydrogens (tertiary/aromatic N) is 2. The number of allylic oxidation sites excluding steroid dienone is 1. The summed E-state index contributed by atoms with van der Waals surface area (Å²) in [7, 11) is 0. The van der Waals surface area contributed by atoms with Crippen LogP contribution in [0.15, 0.2) is 11.8 Å². The average molecular weight is 178 g/mol. The minimum absolute atomic E-state index is 0.0165. The molecule has 0 radical (unpaired) electrons. The number of rotatable bonds is 4. The first-order valence-corrected chi connectivity index (χ1v) is 3.69. The van der Waals surface area contributed by atoms with E-state index in [1.807, 2.05) is 0 Å². The summed E-state index contributed by atoms with van der Waals surface area (Å²) >= 11 is 0. The van der Waals surface area contributed by atoms with E-state index in [1.165, 1.54) is 13.1 Å². The third-order valence-electron chi connectivity index (χ3n) is 1.13. The van der Waals surface area contributed by atoms with E-state index in [1.54, 1.807) is 12.1 Å². The number of nitrogens with one attached hydrogen (secondary N) is 2. The lowest BCUT2D eigenvalue weighted by molar-refractivity contribution is -0.118. The van der Waals surface area contributed by atoms with E-state index in [0.717, 1.165) is 0 Å². The zero-order valence-corrected chi connectivity index (χ0v) is 7.29. The Hall–Kier alpha value is -2.01. The van der Waals surface area contributed by atoms with Crippen molar-refractivity contribution >= 4 is 5.91 Å². The van der Waals surface area contributed by atoms with Gasteiger partial charge in [-0.15, -0.1) is 0 Å². The van der Waals surface area contributed by atoms with Crippen molar-refractivity contribution in [3.63, 3.8) is 0 Å². The van der Waals surface area contributed by atoms with Crippen LogP contribution in [-0.2, 0) is 4.79 Å². The molecule has 5 nitrogen and oxygen atoms in total. The van der Waals surface area contributed by atoms with Crippen LogP contribution in [0.4, 0.5) is 0 Å². The van der Waals surface area contributed by atoms with Crippen molar-refractivity contribution in [3.8, 4) is 12.1 Å². The van der Waals surface area contributed by atoms with E-state index in [2.05, 4.69) is 10.6 Å². The quantitative estimate of drug-likeness (QED) is 0.454. The van der Waals surface area contributed by atoms with Crippen molar-refractivity contribution in [1.29, 1.82) is 10.5 Å². The van der Waals surface area contributed by atoms with Crippen LogP contribution in [0, 0.1) is 22.7 Å². The van der Waals surface area contributed by atoms with Crippen LogP contribution >= 0.6 is 0 Å². The lowest BCUT2D eigenvalue weighted by Gasteiger charge is -2.00. The number of carbonyl (C=O) groups is 1. The minimum atomic E-state index is -0.105. The second-order valence-electron chi connectivity index (χ2n) is 2.22. The monoisotopic (exact) mass is 178 g/mol. The van der Waals surface area contributed by atoms with Gasteiger partial charge in [0.1, 0.15) is 17.7 Å². The highest BCUT2D eigenvalue weighted by atomic mass is 16.1. The molecule has 0 aliphatic rings. The SMILES string of the molecule is CC(=O)NCCNC=C(C#N)C#N. The van der Waals surface area contributed by atoms with E-state index in [-0.39, 0.29) is 11.5 Å². The van der Waals surface area contributed by atoms with Gasteiger partial charge in [0.05, 0.1) is 0 Å². The molecule has 1 amide bonds. The number of carbonyl (C=O) groups excluding carboxylic acids is 1. The Morgan fingerprint density at radius 3 is 2.46 bits per heavy atom. The van der Waals surface area contributed by atoms with Crippen molar-refractivity contribution in [2.45, 2.75) is 6.92 Å². The van der Waals surface area contributed by atoms with Gasteiger partial charge in [-0.2, -0.15) is 10.5 Å². The van der Waals surface area contributed by atoms with Gasteiger partial charge in [0, 0.05) is 26.2 Å². The minimum Gasteiger partial charge on any atom is -0.387 e. The van der Waals surface area contributed by atoms with Gasteiger partial charge in [-0.05, 0) is 0 Å². The average Bonchev–Trinajstić information content (AvgIpc) is 2.11. The maximum absolute atomic E-state index is 10.4. The van der Waals surface area contributed by atoms with Gasteiger partial charge in [-0.25, -0.2) is 0 Å². The molecule has 2 N–H and O–H groups in total. The standard InChI is InChI=1S/C8H10N4O/c1-7(13)12-3-2-11-6-8(4-9)5-10/h6,11H,2-3H2,1H3,(H,12,13). The summed E-state index contributed by atoms with van der Waals surface area (Å²) in [6, 6.07) is 3.40. The Bertz CT molecular complexity index is 265. The molecular weight excluding hydrogens is 168 g/mol. The van der Waals surface area contributed by atoms with Gasteiger partial charge in [0.15, 0.2) is 0 Å². The number of nitriles is 2. The van der Waals surface area contributed by atoms with Crippen LogP contribution < -0.4 is 10.6 Å². The Balaban J connectivity index is 3.58. The molecule has 0 heterocycles.